The molecule has 6 nitrogen and oxygen atoms in total. The molecule has 1 N–H and O–H groups in total. The van der Waals surface area contributed by atoms with Gasteiger partial charge in [0.15, 0.2) is 11.5 Å². The summed E-state index contributed by atoms with van der Waals surface area (Å²) in [5, 5.41) is 2.96. The molecule has 0 aromatic heterocycles. The number of piperazine rings is 1. The van der Waals surface area contributed by atoms with Gasteiger partial charge in [0.25, 0.3) is 0 Å². The first kappa shape index (κ1) is 22.4. The van der Waals surface area contributed by atoms with Crippen LogP contribution in [0.5, 0.6) is 11.5 Å². The van der Waals surface area contributed by atoms with Crippen LogP contribution < -0.4 is 14.8 Å². The number of carbonyl (C=O) groups excluding carboxylic acids is 1. The first-order valence-electron chi connectivity index (χ1n) is 10.6. The van der Waals surface area contributed by atoms with Crippen molar-refractivity contribution in [1.82, 2.24) is 15.1 Å². The van der Waals surface area contributed by atoms with Gasteiger partial charge in [-0.1, -0.05) is 24.3 Å². The van der Waals surface area contributed by atoms with Gasteiger partial charge in [-0.2, -0.15) is 13.2 Å². The number of fused-ring (bicyclic) bond motifs is 1. The molecule has 1 amide bonds. The highest BCUT2D eigenvalue weighted by atomic mass is 19.4. The zero-order chi connectivity index (χ0) is 22.7. The number of rotatable bonds is 6. The van der Waals surface area contributed by atoms with Crippen LogP contribution >= 0.6 is 0 Å². The summed E-state index contributed by atoms with van der Waals surface area (Å²) >= 11 is 0. The average Bonchev–Trinajstić information content (AvgIpc) is 3.25. The van der Waals surface area contributed by atoms with Crippen molar-refractivity contribution in [3.05, 3.63) is 59.2 Å². The number of alkyl halides is 3. The molecule has 172 valence electrons. The summed E-state index contributed by atoms with van der Waals surface area (Å²) in [4.78, 5) is 16.8. The minimum absolute atomic E-state index is 0.0611. The molecule has 0 aliphatic carbocycles. The lowest BCUT2D eigenvalue weighted by Gasteiger charge is -2.37. The second-order valence-corrected chi connectivity index (χ2v) is 8.09. The molecule has 2 heterocycles. The zero-order valence-electron chi connectivity index (χ0n) is 17.8. The van der Waals surface area contributed by atoms with Gasteiger partial charge >= 0.3 is 6.18 Å². The lowest BCUT2D eigenvalue weighted by molar-refractivity contribution is -0.137. The maximum Gasteiger partial charge on any atom is 0.416 e. The van der Waals surface area contributed by atoms with Gasteiger partial charge in [0, 0.05) is 39.3 Å². The van der Waals surface area contributed by atoms with E-state index in [0.717, 1.165) is 11.6 Å². The van der Waals surface area contributed by atoms with Crippen LogP contribution in [0.25, 0.3) is 0 Å². The number of benzene rings is 2. The Kier molecular flexibility index (Phi) is 6.57. The van der Waals surface area contributed by atoms with Crippen molar-refractivity contribution in [2.24, 2.45) is 0 Å². The fraction of sp³-hybridized carbons (Fsp3) is 0.435. The quantitative estimate of drug-likeness (QED) is 0.734. The number of ether oxygens (including phenoxy) is 2. The summed E-state index contributed by atoms with van der Waals surface area (Å²) in [5.41, 5.74) is 0.949. The number of nitrogens with zero attached hydrogens (tertiary/aromatic N) is 2. The standard InChI is InChI=1S/C23H26F3N3O3/c1-16(22(30)27-13-17-5-6-20-21(12-17)32-15-31-20)29-9-7-28(8-10-29)14-18-3-2-4-19(11-18)23(24,25)26/h2-6,11-12,16H,7-10,13-15H2,1H3,(H,27,30)/t16-/m1/s1. The molecule has 0 unspecified atom stereocenters. The Bertz CT molecular complexity index is 959. The van der Waals surface area contributed by atoms with E-state index in [2.05, 4.69) is 15.1 Å². The smallest absolute Gasteiger partial charge is 0.416 e. The summed E-state index contributed by atoms with van der Waals surface area (Å²) in [6, 6.07) is 10.8. The molecule has 0 bridgehead atoms. The van der Waals surface area contributed by atoms with Crippen molar-refractivity contribution in [3.63, 3.8) is 0 Å². The summed E-state index contributed by atoms with van der Waals surface area (Å²) < 4.78 is 49.4. The Morgan fingerprint density at radius 2 is 1.78 bits per heavy atom. The molecule has 1 saturated heterocycles. The van der Waals surface area contributed by atoms with Crippen molar-refractivity contribution in [2.75, 3.05) is 33.0 Å². The van der Waals surface area contributed by atoms with Crippen LogP contribution in [-0.2, 0) is 24.1 Å². The van der Waals surface area contributed by atoms with E-state index in [1.807, 2.05) is 25.1 Å². The van der Waals surface area contributed by atoms with Crippen LogP contribution in [0.15, 0.2) is 42.5 Å². The summed E-state index contributed by atoms with van der Waals surface area (Å²) in [5.74, 6) is 1.33. The minimum atomic E-state index is -4.34. The summed E-state index contributed by atoms with van der Waals surface area (Å²) in [6.45, 7) is 5.68. The van der Waals surface area contributed by atoms with Crippen molar-refractivity contribution in [2.45, 2.75) is 32.2 Å². The number of nitrogens with one attached hydrogen (secondary N) is 1. The van der Waals surface area contributed by atoms with E-state index in [1.165, 1.54) is 12.1 Å². The first-order valence-corrected chi connectivity index (χ1v) is 10.6. The van der Waals surface area contributed by atoms with Gasteiger partial charge in [-0.25, -0.2) is 0 Å². The molecule has 9 heteroatoms. The van der Waals surface area contributed by atoms with Crippen LogP contribution in [0.3, 0.4) is 0 Å². The highest BCUT2D eigenvalue weighted by molar-refractivity contribution is 5.81. The minimum Gasteiger partial charge on any atom is -0.454 e. The highest BCUT2D eigenvalue weighted by Gasteiger charge is 2.31. The maximum atomic E-state index is 12.9. The Balaban J connectivity index is 1.24. The van der Waals surface area contributed by atoms with Crippen molar-refractivity contribution in [1.29, 1.82) is 0 Å². The summed E-state index contributed by atoms with van der Waals surface area (Å²) in [7, 11) is 0. The number of halogens is 3. The monoisotopic (exact) mass is 449 g/mol. The van der Waals surface area contributed by atoms with E-state index in [-0.39, 0.29) is 18.7 Å². The van der Waals surface area contributed by atoms with E-state index >= 15 is 0 Å². The number of hydrogen-bond acceptors (Lipinski definition) is 5. The predicted octanol–water partition coefficient (Wildman–Crippen LogP) is 3.26. The second-order valence-electron chi connectivity index (χ2n) is 8.09. The van der Waals surface area contributed by atoms with Crippen LogP contribution in [0.4, 0.5) is 13.2 Å². The van der Waals surface area contributed by atoms with Gasteiger partial charge in [0.1, 0.15) is 0 Å². The lowest BCUT2D eigenvalue weighted by atomic mass is 10.1. The molecule has 0 spiro atoms. The fourth-order valence-corrected chi connectivity index (χ4v) is 3.97. The van der Waals surface area contributed by atoms with E-state index in [1.54, 1.807) is 6.07 Å². The number of hydrogen-bond donors (Lipinski definition) is 1. The van der Waals surface area contributed by atoms with E-state index in [4.69, 9.17) is 9.47 Å². The van der Waals surface area contributed by atoms with Crippen molar-refractivity contribution in [3.8, 4) is 11.5 Å². The van der Waals surface area contributed by atoms with Crippen LogP contribution in [0.2, 0.25) is 0 Å². The summed E-state index contributed by atoms with van der Waals surface area (Å²) in [6.07, 6.45) is -4.34. The largest absolute Gasteiger partial charge is 0.454 e. The molecule has 2 aromatic rings. The Labute approximate surface area is 184 Å². The fourth-order valence-electron chi connectivity index (χ4n) is 3.97. The van der Waals surface area contributed by atoms with Gasteiger partial charge in [-0.15, -0.1) is 0 Å². The van der Waals surface area contributed by atoms with E-state index < -0.39 is 11.7 Å². The number of amides is 1. The van der Waals surface area contributed by atoms with Crippen molar-refractivity contribution < 1.29 is 27.4 Å². The molecular weight excluding hydrogens is 423 g/mol. The average molecular weight is 449 g/mol. The molecule has 2 aliphatic rings. The third-order valence-electron chi connectivity index (χ3n) is 5.90. The normalized spacial score (nSPS) is 17.9. The molecule has 0 saturated carbocycles. The predicted molar refractivity (Wildman–Crippen MR) is 112 cm³/mol. The Morgan fingerprint density at radius 1 is 1.03 bits per heavy atom. The molecule has 1 fully saturated rings. The SMILES string of the molecule is C[C@H](C(=O)NCc1ccc2c(c1)OCO2)N1CCN(Cc2cccc(C(F)(F)F)c2)CC1. The lowest BCUT2D eigenvalue weighted by Crippen LogP contribution is -2.53. The van der Waals surface area contributed by atoms with Gasteiger partial charge in [-0.3, -0.25) is 14.6 Å². The van der Waals surface area contributed by atoms with Gasteiger partial charge in [0.2, 0.25) is 12.7 Å². The van der Waals surface area contributed by atoms with Crippen LogP contribution in [0.1, 0.15) is 23.6 Å². The molecule has 32 heavy (non-hydrogen) atoms. The topological polar surface area (TPSA) is 54.0 Å². The molecule has 1 atom stereocenters. The zero-order valence-corrected chi connectivity index (χ0v) is 17.8. The van der Waals surface area contributed by atoms with Crippen LogP contribution in [0, 0.1) is 0 Å². The first-order chi connectivity index (χ1) is 15.3. The second kappa shape index (κ2) is 9.38. The Morgan fingerprint density at radius 3 is 2.53 bits per heavy atom. The molecule has 0 radical (unpaired) electrons. The number of carbonyl (C=O) groups is 1. The van der Waals surface area contributed by atoms with Gasteiger partial charge in [0.05, 0.1) is 11.6 Å². The molecule has 2 aliphatic heterocycles. The molecular formula is C23H26F3N3O3. The highest BCUT2D eigenvalue weighted by Crippen LogP contribution is 2.32. The third kappa shape index (κ3) is 5.34. The third-order valence-corrected chi connectivity index (χ3v) is 5.90. The van der Waals surface area contributed by atoms with Gasteiger partial charge in [-0.05, 0) is 36.2 Å². The van der Waals surface area contributed by atoms with Crippen LogP contribution in [-0.4, -0.2) is 54.7 Å². The van der Waals surface area contributed by atoms with E-state index in [9.17, 15) is 18.0 Å². The van der Waals surface area contributed by atoms with E-state index in [0.29, 0.717) is 56.3 Å². The Hall–Kier alpha value is -2.78. The van der Waals surface area contributed by atoms with Crippen molar-refractivity contribution >= 4 is 5.91 Å². The maximum absolute atomic E-state index is 12.9. The molecule has 4 rings (SSSR count). The molecule has 2 aromatic carbocycles. The van der Waals surface area contributed by atoms with Gasteiger partial charge < -0.3 is 14.8 Å².